The molecule has 1 aromatic carbocycles. The van der Waals surface area contributed by atoms with Gasteiger partial charge in [0.15, 0.2) is 0 Å². The molecule has 2 fully saturated rings. The number of carbonyl (C=O) groups is 2. The number of nitrogens with zero attached hydrogens (tertiary/aromatic N) is 2. The maximum Gasteiger partial charge on any atom is 0.393 e. The zero-order valence-corrected chi connectivity index (χ0v) is 15.9. The Kier molecular flexibility index (Phi) is 5.56. The molecule has 1 N–H and O–H groups in total. The zero-order valence-electron chi connectivity index (χ0n) is 15.9. The fourth-order valence-electron chi connectivity index (χ4n) is 3.92. The summed E-state index contributed by atoms with van der Waals surface area (Å²) in [6, 6.07) is 6.24. The number of amides is 3. The molecule has 154 valence electrons. The van der Waals surface area contributed by atoms with Gasteiger partial charge in [-0.1, -0.05) is 19.1 Å². The average Bonchev–Trinajstić information content (AvgIpc) is 2.93. The Balaban J connectivity index is 1.78. The lowest BCUT2D eigenvalue weighted by atomic mass is 9.87. The first-order valence-electron chi connectivity index (χ1n) is 9.29. The first-order chi connectivity index (χ1) is 13.2. The van der Waals surface area contributed by atoms with Crippen LogP contribution in [0.25, 0.3) is 0 Å². The Morgan fingerprint density at radius 1 is 1.25 bits per heavy atom. The Morgan fingerprint density at radius 2 is 1.93 bits per heavy atom. The number of hydrogen-bond acceptors (Lipinski definition) is 4. The summed E-state index contributed by atoms with van der Waals surface area (Å²) in [5.41, 5.74) is -0.605. The summed E-state index contributed by atoms with van der Waals surface area (Å²) in [4.78, 5) is 28.2. The van der Waals surface area contributed by atoms with Crippen LogP contribution in [0.3, 0.4) is 0 Å². The van der Waals surface area contributed by atoms with E-state index in [0.29, 0.717) is 30.7 Å². The van der Waals surface area contributed by atoms with Gasteiger partial charge < -0.3 is 10.1 Å². The minimum atomic E-state index is -4.27. The summed E-state index contributed by atoms with van der Waals surface area (Å²) in [6.45, 7) is 1.86. The highest BCUT2D eigenvalue weighted by atomic mass is 19.4. The second kappa shape index (κ2) is 7.62. The van der Waals surface area contributed by atoms with Crippen LogP contribution in [-0.4, -0.2) is 54.8 Å². The average molecular weight is 399 g/mol. The summed E-state index contributed by atoms with van der Waals surface area (Å²) < 4.78 is 44.3. The monoisotopic (exact) mass is 399 g/mol. The lowest BCUT2D eigenvalue weighted by Crippen LogP contribution is -2.49. The number of nitrogens with one attached hydrogen (secondary N) is 1. The molecule has 0 spiro atoms. The number of benzene rings is 1. The van der Waals surface area contributed by atoms with Crippen LogP contribution in [0.5, 0.6) is 5.75 Å². The van der Waals surface area contributed by atoms with Gasteiger partial charge in [-0.25, -0.2) is 9.69 Å². The molecule has 3 amide bonds. The third-order valence-corrected chi connectivity index (χ3v) is 5.60. The van der Waals surface area contributed by atoms with E-state index in [0.717, 1.165) is 4.90 Å². The second-order valence-corrected chi connectivity index (χ2v) is 7.25. The molecular formula is C19H24F3N3O3. The highest BCUT2D eigenvalue weighted by Gasteiger charge is 2.52. The van der Waals surface area contributed by atoms with Crippen LogP contribution in [0.4, 0.5) is 18.0 Å². The summed E-state index contributed by atoms with van der Waals surface area (Å²) in [6.07, 6.45) is -3.49. The molecule has 0 aliphatic carbocycles. The standard InChI is InChI=1S/C19H24F3N3O3/c1-3-18(13-6-8-15(28-2)9-7-13)16(26)25(17(27)23-18)12-24-10-4-5-14(11-24)19(20,21)22/h6-9,14H,3-5,10-12H2,1-2H3,(H,23,27)/t14-,18-/m0/s1. The molecule has 0 aromatic heterocycles. The fourth-order valence-corrected chi connectivity index (χ4v) is 3.92. The van der Waals surface area contributed by atoms with Crippen molar-refractivity contribution < 1.29 is 27.5 Å². The normalized spacial score (nSPS) is 26.5. The van der Waals surface area contributed by atoms with E-state index in [1.807, 2.05) is 0 Å². The van der Waals surface area contributed by atoms with Crippen molar-refractivity contribution >= 4 is 11.9 Å². The number of methoxy groups -OCH3 is 1. The molecule has 2 aliphatic rings. The van der Waals surface area contributed by atoms with E-state index in [9.17, 15) is 22.8 Å². The summed E-state index contributed by atoms with van der Waals surface area (Å²) >= 11 is 0. The van der Waals surface area contributed by atoms with Crippen molar-refractivity contribution in [1.82, 2.24) is 15.1 Å². The molecule has 0 unspecified atom stereocenters. The van der Waals surface area contributed by atoms with Gasteiger partial charge >= 0.3 is 12.2 Å². The van der Waals surface area contributed by atoms with Crippen molar-refractivity contribution in [3.8, 4) is 5.75 Å². The van der Waals surface area contributed by atoms with Crippen molar-refractivity contribution in [2.45, 2.75) is 37.9 Å². The van der Waals surface area contributed by atoms with Crippen molar-refractivity contribution in [1.29, 1.82) is 0 Å². The molecule has 6 nitrogen and oxygen atoms in total. The van der Waals surface area contributed by atoms with Crippen LogP contribution >= 0.6 is 0 Å². The van der Waals surface area contributed by atoms with E-state index in [-0.39, 0.29) is 19.6 Å². The summed E-state index contributed by atoms with van der Waals surface area (Å²) in [5, 5.41) is 2.75. The Hall–Kier alpha value is -2.29. The summed E-state index contributed by atoms with van der Waals surface area (Å²) in [5.74, 6) is -1.26. The molecule has 2 heterocycles. The third-order valence-electron chi connectivity index (χ3n) is 5.60. The molecule has 2 atom stereocenters. The minimum Gasteiger partial charge on any atom is -0.497 e. The number of imide groups is 1. The van der Waals surface area contributed by atoms with Crippen LogP contribution in [-0.2, 0) is 10.3 Å². The fraction of sp³-hybridized carbons (Fsp3) is 0.579. The van der Waals surface area contributed by atoms with E-state index in [1.54, 1.807) is 31.2 Å². The zero-order chi connectivity index (χ0) is 20.5. The predicted octanol–water partition coefficient (Wildman–Crippen LogP) is 3.08. The van der Waals surface area contributed by atoms with Crippen molar-refractivity contribution in [2.75, 3.05) is 26.9 Å². The van der Waals surface area contributed by atoms with Gasteiger partial charge in [0.2, 0.25) is 0 Å². The molecule has 0 bridgehead atoms. The molecule has 0 saturated carbocycles. The van der Waals surface area contributed by atoms with E-state index in [4.69, 9.17) is 4.74 Å². The number of piperidine rings is 1. The van der Waals surface area contributed by atoms with Gasteiger partial charge in [-0.3, -0.25) is 9.69 Å². The third kappa shape index (κ3) is 3.67. The van der Waals surface area contributed by atoms with Crippen molar-refractivity contribution in [3.05, 3.63) is 29.8 Å². The maximum atomic E-state index is 13.1. The molecule has 2 saturated heterocycles. The highest BCUT2D eigenvalue weighted by molar-refractivity contribution is 6.07. The molecule has 28 heavy (non-hydrogen) atoms. The SMILES string of the molecule is CC[C@@]1(c2ccc(OC)cc2)NC(=O)N(CN2CCC[C@H](C(F)(F)F)C2)C1=O. The number of halogens is 3. The number of carbonyl (C=O) groups excluding carboxylic acids is 2. The van der Waals surface area contributed by atoms with E-state index >= 15 is 0 Å². The van der Waals surface area contributed by atoms with Gasteiger partial charge in [0, 0.05) is 6.54 Å². The largest absolute Gasteiger partial charge is 0.497 e. The van der Waals surface area contributed by atoms with Gasteiger partial charge in [-0.2, -0.15) is 13.2 Å². The molecule has 1 aromatic rings. The molecule has 9 heteroatoms. The smallest absolute Gasteiger partial charge is 0.393 e. The van der Waals surface area contributed by atoms with E-state index < -0.39 is 29.6 Å². The van der Waals surface area contributed by atoms with Gasteiger partial charge in [0.05, 0.1) is 19.7 Å². The molecule has 0 radical (unpaired) electrons. The van der Waals surface area contributed by atoms with Crippen LogP contribution in [0.15, 0.2) is 24.3 Å². The number of hydrogen-bond donors (Lipinski definition) is 1. The number of ether oxygens (including phenoxy) is 1. The van der Waals surface area contributed by atoms with Crippen molar-refractivity contribution in [2.24, 2.45) is 5.92 Å². The van der Waals surface area contributed by atoms with Crippen LogP contribution in [0.1, 0.15) is 31.7 Å². The van der Waals surface area contributed by atoms with Gasteiger partial charge in [0.1, 0.15) is 11.3 Å². The van der Waals surface area contributed by atoms with Crippen molar-refractivity contribution in [3.63, 3.8) is 0 Å². The second-order valence-electron chi connectivity index (χ2n) is 7.25. The van der Waals surface area contributed by atoms with E-state index in [2.05, 4.69) is 5.32 Å². The number of likely N-dealkylation sites (tertiary alicyclic amines) is 1. The maximum absolute atomic E-state index is 13.1. The quantitative estimate of drug-likeness (QED) is 0.773. The predicted molar refractivity (Wildman–Crippen MR) is 95.6 cm³/mol. The Morgan fingerprint density at radius 3 is 2.50 bits per heavy atom. The van der Waals surface area contributed by atoms with Crippen LogP contribution in [0, 0.1) is 5.92 Å². The van der Waals surface area contributed by atoms with Gasteiger partial charge in [-0.15, -0.1) is 0 Å². The minimum absolute atomic E-state index is 0.0743. The summed E-state index contributed by atoms with van der Waals surface area (Å²) in [7, 11) is 1.53. The van der Waals surface area contributed by atoms with Gasteiger partial charge in [-0.05, 0) is 43.5 Å². The first kappa shape index (κ1) is 20.4. The molecule has 2 aliphatic heterocycles. The topological polar surface area (TPSA) is 61.9 Å². The Bertz CT molecular complexity index is 738. The lowest BCUT2D eigenvalue weighted by molar-refractivity contribution is -0.187. The Labute approximate surface area is 161 Å². The van der Waals surface area contributed by atoms with Gasteiger partial charge in [0.25, 0.3) is 5.91 Å². The van der Waals surface area contributed by atoms with E-state index in [1.165, 1.54) is 12.0 Å². The lowest BCUT2D eigenvalue weighted by Gasteiger charge is -2.35. The van der Waals surface area contributed by atoms with Crippen LogP contribution < -0.4 is 10.1 Å². The number of rotatable bonds is 5. The first-order valence-corrected chi connectivity index (χ1v) is 9.29. The molecular weight excluding hydrogens is 375 g/mol. The number of alkyl halides is 3. The number of urea groups is 1. The molecule has 3 rings (SSSR count). The van der Waals surface area contributed by atoms with Crippen LogP contribution in [0.2, 0.25) is 0 Å². The highest BCUT2D eigenvalue weighted by Crippen LogP contribution is 2.35.